The van der Waals surface area contributed by atoms with E-state index in [0.717, 1.165) is 43.7 Å². The predicted molar refractivity (Wildman–Crippen MR) is 103 cm³/mol. The van der Waals surface area contributed by atoms with Gasteiger partial charge in [0.05, 0.1) is 24.3 Å². The largest absolute Gasteiger partial charge is 0.330 e. The lowest BCUT2D eigenvalue weighted by molar-refractivity contribution is -0.203. The average molecular weight is 368 g/mol. The smallest absolute Gasteiger partial charge is 0.269 e. The highest BCUT2D eigenvalue weighted by Crippen LogP contribution is 2.34. The monoisotopic (exact) mass is 368 g/mol. The molecule has 2 aliphatic heterocycles. The number of imidazole rings is 1. The van der Waals surface area contributed by atoms with E-state index in [1.165, 1.54) is 5.56 Å². The minimum absolute atomic E-state index is 0.0361. The Hall–Kier alpha value is -2.18. The highest BCUT2D eigenvalue weighted by molar-refractivity contribution is 5.82. The lowest BCUT2D eigenvalue weighted by atomic mass is 9.99. The van der Waals surface area contributed by atoms with Gasteiger partial charge in [-0.25, -0.2) is 10.0 Å². The van der Waals surface area contributed by atoms with E-state index in [4.69, 9.17) is 4.84 Å². The third-order valence-electron chi connectivity index (χ3n) is 5.44. The molecule has 0 aliphatic carbocycles. The highest BCUT2D eigenvalue weighted by atomic mass is 16.7. The van der Waals surface area contributed by atoms with Crippen molar-refractivity contribution in [2.24, 2.45) is 0 Å². The molecule has 0 spiro atoms. The molecule has 1 aromatic carbocycles. The van der Waals surface area contributed by atoms with Crippen LogP contribution in [0.4, 0.5) is 0 Å². The van der Waals surface area contributed by atoms with Crippen molar-refractivity contribution in [1.29, 1.82) is 0 Å². The van der Waals surface area contributed by atoms with Gasteiger partial charge in [0, 0.05) is 32.1 Å². The summed E-state index contributed by atoms with van der Waals surface area (Å²) in [7, 11) is 0. The van der Waals surface area contributed by atoms with Crippen LogP contribution in [0, 0.1) is 0 Å². The molecule has 1 saturated heterocycles. The summed E-state index contributed by atoms with van der Waals surface area (Å²) in [5, 5.41) is 1.58. The first-order valence-corrected chi connectivity index (χ1v) is 9.93. The first-order valence-electron chi connectivity index (χ1n) is 9.93. The van der Waals surface area contributed by atoms with E-state index in [2.05, 4.69) is 40.4 Å². The molecule has 4 rings (SSSR count). The van der Waals surface area contributed by atoms with Gasteiger partial charge in [0.25, 0.3) is 5.91 Å². The number of amides is 1. The zero-order valence-corrected chi connectivity index (χ0v) is 16.2. The Balaban J connectivity index is 1.70. The maximum atomic E-state index is 13.5. The van der Waals surface area contributed by atoms with Crippen LogP contribution in [-0.2, 0) is 22.6 Å². The molecular formula is C21H28N4O2. The molecule has 1 amide bonds. The molecular weight excluding hydrogens is 340 g/mol. The minimum atomic E-state index is -0.350. The molecule has 1 fully saturated rings. The zero-order valence-electron chi connectivity index (χ0n) is 16.2. The van der Waals surface area contributed by atoms with Crippen molar-refractivity contribution in [1.82, 2.24) is 19.5 Å². The molecule has 6 nitrogen and oxygen atoms in total. The van der Waals surface area contributed by atoms with E-state index in [0.29, 0.717) is 13.2 Å². The molecule has 1 atom stereocenters. The number of rotatable bonds is 4. The predicted octanol–water partition coefficient (Wildman–Crippen LogP) is 3.12. The van der Waals surface area contributed by atoms with Gasteiger partial charge >= 0.3 is 0 Å². The molecule has 3 heterocycles. The molecule has 0 N–H and O–H groups in total. The summed E-state index contributed by atoms with van der Waals surface area (Å²) in [5.41, 5.74) is 3.30. The Morgan fingerprint density at radius 2 is 2.04 bits per heavy atom. The van der Waals surface area contributed by atoms with Crippen LogP contribution in [0.2, 0.25) is 0 Å². The molecule has 0 radical (unpaired) electrons. The van der Waals surface area contributed by atoms with Gasteiger partial charge in [-0.2, -0.15) is 0 Å². The number of nitrogens with zero attached hydrogens (tertiary/aromatic N) is 4. The summed E-state index contributed by atoms with van der Waals surface area (Å²) >= 11 is 0. The van der Waals surface area contributed by atoms with Crippen LogP contribution in [0.15, 0.2) is 36.7 Å². The van der Waals surface area contributed by atoms with Crippen molar-refractivity contribution >= 4 is 5.91 Å². The van der Waals surface area contributed by atoms with Crippen LogP contribution < -0.4 is 0 Å². The van der Waals surface area contributed by atoms with Crippen molar-refractivity contribution in [3.05, 3.63) is 53.6 Å². The van der Waals surface area contributed by atoms with Gasteiger partial charge in [0.2, 0.25) is 0 Å². The lowest BCUT2D eigenvalue weighted by Gasteiger charge is -2.39. The van der Waals surface area contributed by atoms with E-state index < -0.39 is 0 Å². The van der Waals surface area contributed by atoms with E-state index in [-0.39, 0.29) is 18.0 Å². The van der Waals surface area contributed by atoms with Crippen molar-refractivity contribution in [2.75, 3.05) is 19.7 Å². The van der Waals surface area contributed by atoms with Crippen molar-refractivity contribution in [3.63, 3.8) is 0 Å². The molecule has 1 aromatic heterocycles. The number of hydrogen-bond acceptors (Lipinski definition) is 4. The van der Waals surface area contributed by atoms with Crippen molar-refractivity contribution in [3.8, 4) is 0 Å². The molecule has 27 heavy (non-hydrogen) atoms. The molecule has 0 unspecified atom stereocenters. The van der Waals surface area contributed by atoms with Crippen LogP contribution in [0.25, 0.3) is 0 Å². The summed E-state index contributed by atoms with van der Waals surface area (Å²) in [6, 6.07) is 10.3. The zero-order chi connectivity index (χ0) is 18.8. The number of hydroxylamine groups is 2. The molecule has 2 aliphatic rings. The normalized spacial score (nSPS) is 20.7. The fraction of sp³-hybridized carbons (Fsp3) is 0.524. The lowest BCUT2D eigenvalue weighted by Crippen LogP contribution is -2.48. The number of fused-ring (bicyclic) bond motifs is 1. The van der Waals surface area contributed by atoms with Gasteiger partial charge in [-0.15, -0.1) is 0 Å². The number of carbonyl (C=O) groups is 1. The standard InChI is InChI=1S/C21H28N4O2/c1-16(2)24-15-22-18-10-12-23(14-17-8-4-3-5-9-17)20(19(18)24)21(26)25-11-6-7-13-27-25/h3-5,8-9,15-16,20H,6-7,10-14H2,1-2H3/t20-/m0/s1. The Labute approximate surface area is 160 Å². The number of benzene rings is 1. The Morgan fingerprint density at radius 1 is 1.22 bits per heavy atom. The van der Waals surface area contributed by atoms with E-state index >= 15 is 0 Å². The van der Waals surface area contributed by atoms with Crippen molar-refractivity contribution in [2.45, 2.75) is 51.7 Å². The summed E-state index contributed by atoms with van der Waals surface area (Å²) in [5.74, 6) is 0.0361. The van der Waals surface area contributed by atoms with Crippen LogP contribution >= 0.6 is 0 Å². The first-order chi connectivity index (χ1) is 13.1. The highest BCUT2D eigenvalue weighted by Gasteiger charge is 2.40. The summed E-state index contributed by atoms with van der Waals surface area (Å²) < 4.78 is 2.15. The Kier molecular flexibility index (Phi) is 5.27. The number of carbonyl (C=O) groups excluding carboxylic acids is 1. The fourth-order valence-electron chi connectivity index (χ4n) is 4.03. The van der Waals surface area contributed by atoms with Gasteiger partial charge in [-0.05, 0) is 32.3 Å². The van der Waals surface area contributed by atoms with E-state index in [1.807, 2.05) is 24.5 Å². The number of aromatic nitrogens is 2. The molecule has 6 heteroatoms. The molecule has 2 aromatic rings. The maximum absolute atomic E-state index is 13.5. The first kappa shape index (κ1) is 18.2. The van der Waals surface area contributed by atoms with E-state index in [1.54, 1.807) is 5.06 Å². The summed E-state index contributed by atoms with van der Waals surface area (Å²) in [6.07, 6.45) is 4.76. The third kappa shape index (κ3) is 3.64. The Morgan fingerprint density at radius 3 is 2.74 bits per heavy atom. The van der Waals surface area contributed by atoms with Gasteiger partial charge in [0.1, 0.15) is 6.04 Å². The van der Waals surface area contributed by atoms with Crippen LogP contribution in [-0.4, -0.2) is 45.1 Å². The fourth-order valence-corrected chi connectivity index (χ4v) is 4.03. The van der Waals surface area contributed by atoms with Gasteiger partial charge in [0.15, 0.2) is 0 Å². The van der Waals surface area contributed by atoms with Crippen LogP contribution in [0.1, 0.15) is 55.7 Å². The molecule has 144 valence electrons. The molecule has 0 bridgehead atoms. The second kappa shape index (κ2) is 7.82. The SMILES string of the molecule is CC(C)n1cnc2c1[C@@H](C(=O)N1CCCCO1)N(Cc1ccccc1)CC2. The number of hydrogen-bond donors (Lipinski definition) is 0. The quantitative estimate of drug-likeness (QED) is 0.832. The van der Waals surface area contributed by atoms with Crippen molar-refractivity contribution < 1.29 is 9.63 Å². The van der Waals surface area contributed by atoms with E-state index in [9.17, 15) is 4.79 Å². The molecule has 0 saturated carbocycles. The maximum Gasteiger partial charge on any atom is 0.269 e. The second-order valence-electron chi connectivity index (χ2n) is 7.67. The topological polar surface area (TPSA) is 50.6 Å². The van der Waals surface area contributed by atoms with Gasteiger partial charge < -0.3 is 4.57 Å². The summed E-state index contributed by atoms with van der Waals surface area (Å²) in [4.78, 5) is 26.1. The van der Waals surface area contributed by atoms with Gasteiger partial charge in [-0.1, -0.05) is 30.3 Å². The van der Waals surface area contributed by atoms with Crippen LogP contribution in [0.5, 0.6) is 0 Å². The minimum Gasteiger partial charge on any atom is -0.330 e. The Bertz CT molecular complexity index is 781. The van der Waals surface area contributed by atoms with Crippen LogP contribution in [0.3, 0.4) is 0 Å². The summed E-state index contributed by atoms with van der Waals surface area (Å²) in [6.45, 7) is 7.12. The van der Waals surface area contributed by atoms with Gasteiger partial charge in [-0.3, -0.25) is 14.5 Å². The second-order valence-corrected chi connectivity index (χ2v) is 7.67. The third-order valence-corrected chi connectivity index (χ3v) is 5.44. The average Bonchev–Trinajstić information content (AvgIpc) is 3.13.